The molecule has 8 rings (SSSR count). The smallest absolute Gasteiger partial charge is 0.279 e. The number of aryl methyl sites for hydroxylation is 1. The maximum absolute atomic E-state index is 16.5. The molecule has 4 heterocycles. The van der Waals surface area contributed by atoms with Crippen LogP contribution in [0, 0.1) is 5.92 Å². The molecule has 1 saturated heterocycles. The molecule has 1 spiro atoms. The molecule has 2 aliphatic heterocycles. The van der Waals surface area contributed by atoms with Crippen LogP contribution in [0.4, 0.5) is 9.80 Å². The molecular weight excluding hydrogens is 716 g/mol. The molecule has 55 heavy (non-hydrogen) atoms. The van der Waals surface area contributed by atoms with Crippen molar-refractivity contribution < 1.29 is 23.5 Å². The Morgan fingerprint density at radius 1 is 1.00 bits per heavy atom. The third kappa shape index (κ3) is 6.35. The lowest BCUT2D eigenvalue weighted by molar-refractivity contribution is -0.146. The minimum absolute atomic E-state index is 0.122. The topological polar surface area (TPSA) is 125 Å². The number of aliphatic hydroxyl groups is 1. The molecule has 0 aliphatic carbocycles. The molecule has 6 aromatic rings. The average molecular weight is 759 g/mol. The van der Waals surface area contributed by atoms with Gasteiger partial charge in [0, 0.05) is 35.2 Å². The molecule has 5 atom stereocenters. The van der Waals surface area contributed by atoms with E-state index < -0.39 is 31.6 Å². The number of fused-ring (bicyclic) bond motifs is 3. The predicted molar refractivity (Wildman–Crippen MR) is 210 cm³/mol. The minimum Gasteiger partial charge on any atom is -0.497 e. The van der Waals surface area contributed by atoms with E-state index in [0.717, 1.165) is 16.5 Å². The van der Waals surface area contributed by atoms with E-state index in [4.69, 9.17) is 9.47 Å². The number of carbonyl (C=O) groups excluding carboxylic acids is 1. The fourth-order valence-electron chi connectivity index (χ4n) is 8.72. The Bertz CT molecular complexity index is 2430. The predicted octanol–water partition coefficient (Wildman–Crippen LogP) is 6.52. The van der Waals surface area contributed by atoms with Gasteiger partial charge in [0.1, 0.15) is 5.75 Å². The first-order chi connectivity index (χ1) is 26.5. The number of amides is 1. The van der Waals surface area contributed by atoms with Gasteiger partial charge in [-0.3, -0.25) is 14.3 Å². The van der Waals surface area contributed by atoms with Crippen LogP contribution in [0.3, 0.4) is 0 Å². The van der Waals surface area contributed by atoms with E-state index in [-0.39, 0.29) is 30.5 Å². The first kappa shape index (κ1) is 36.5. The number of methoxy groups -OCH3 is 1. The van der Waals surface area contributed by atoms with Crippen molar-refractivity contribution >= 4 is 30.8 Å². The van der Waals surface area contributed by atoms with Gasteiger partial charge in [0.2, 0.25) is 8.41 Å². The lowest BCUT2D eigenvalue weighted by Crippen LogP contribution is -2.45. The van der Waals surface area contributed by atoms with E-state index in [0.29, 0.717) is 46.7 Å². The molecule has 11 nitrogen and oxygen atoms in total. The van der Waals surface area contributed by atoms with E-state index in [1.807, 2.05) is 104 Å². The number of hydrogen-bond donors (Lipinski definition) is 1. The van der Waals surface area contributed by atoms with Crippen molar-refractivity contribution in [3.8, 4) is 11.4 Å². The van der Waals surface area contributed by atoms with Crippen LogP contribution in [-0.2, 0) is 28.2 Å². The third-order valence-electron chi connectivity index (χ3n) is 11.3. The van der Waals surface area contributed by atoms with Gasteiger partial charge < -0.3 is 23.6 Å². The average Bonchev–Trinajstić information content (AvgIpc) is 3.85. The molecule has 1 unspecified atom stereocenters. The molecule has 0 saturated carbocycles. The van der Waals surface area contributed by atoms with E-state index in [1.54, 1.807) is 42.0 Å². The number of hydrogen-bond acceptors (Lipinski definition) is 8. The van der Waals surface area contributed by atoms with Gasteiger partial charge in [0.25, 0.3) is 11.5 Å². The summed E-state index contributed by atoms with van der Waals surface area (Å²) in [7, 11) is -1.85. The van der Waals surface area contributed by atoms with Crippen molar-refractivity contribution in [3.63, 3.8) is 0 Å². The Labute approximate surface area is 319 Å². The second kappa shape index (κ2) is 14.3. The Kier molecular flexibility index (Phi) is 9.48. The SMILES string of the molecule is COc1ccc2c(c1)[C@]1(O[C@@H](CCn3cc(C(CO)c4ccccc4)nn3)[C@H]([Si](C)(C)F)[C@H]1C)C(=O)N2Cc1cccc(-n2ncc3ccccc3c2=O)c1. The zero-order valence-corrected chi connectivity index (χ0v) is 32.2. The first-order valence-electron chi connectivity index (χ1n) is 18.5. The highest BCUT2D eigenvalue weighted by Crippen LogP contribution is 2.60. The van der Waals surface area contributed by atoms with Crippen LogP contribution in [-0.4, -0.2) is 64.0 Å². The lowest BCUT2D eigenvalue weighted by Gasteiger charge is -2.31. The van der Waals surface area contributed by atoms with Gasteiger partial charge in [-0.15, -0.1) is 5.10 Å². The summed E-state index contributed by atoms with van der Waals surface area (Å²) < 4.78 is 32.2. The molecule has 4 aromatic carbocycles. The van der Waals surface area contributed by atoms with Gasteiger partial charge >= 0.3 is 0 Å². The van der Waals surface area contributed by atoms with E-state index in [9.17, 15) is 9.90 Å². The molecule has 13 heteroatoms. The molecular formula is C42H43FN6O5Si. The van der Waals surface area contributed by atoms with Crippen LogP contribution < -0.4 is 15.2 Å². The molecule has 2 aliphatic rings. The lowest BCUT2D eigenvalue weighted by atomic mass is 9.82. The van der Waals surface area contributed by atoms with Gasteiger partial charge in [0.05, 0.1) is 60.9 Å². The van der Waals surface area contributed by atoms with E-state index in [2.05, 4.69) is 15.4 Å². The van der Waals surface area contributed by atoms with Gasteiger partial charge in [-0.25, -0.2) is 0 Å². The van der Waals surface area contributed by atoms with Crippen molar-refractivity contribution in [2.75, 3.05) is 18.6 Å². The minimum atomic E-state index is -3.43. The highest BCUT2D eigenvalue weighted by Gasteiger charge is 2.66. The Morgan fingerprint density at radius 2 is 1.78 bits per heavy atom. The zero-order chi connectivity index (χ0) is 38.5. The van der Waals surface area contributed by atoms with Crippen molar-refractivity contribution in [1.29, 1.82) is 0 Å². The summed E-state index contributed by atoms with van der Waals surface area (Å²) in [6.07, 6.45) is 3.29. The Hall–Kier alpha value is -5.50. The number of carbonyl (C=O) groups is 1. The summed E-state index contributed by atoms with van der Waals surface area (Å²) in [6.45, 7) is 5.74. The van der Waals surface area contributed by atoms with Crippen LogP contribution in [0.25, 0.3) is 16.5 Å². The van der Waals surface area contributed by atoms with Gasteiger partial charge in [-0.1, -0.05) is 72.8 Å². The summed E-state index contributed by atoms with van der Waals surface area (Å²) >= 11 is 0. The van der Waals surface area contributed by atoms with Crippen LogP contribution in [0.2, 0.25) is 18.6 Å². The van der Waals surface area contributed by atoms with Crippen LogP contribution in [0.15, 0.2) is 114 Å². The van der Waals surface area contributed by atoms with Crippen LogP contribution >= 0.6 is 0 Å². The van der Waals surface area contributed by atoms with Crippen LogP contribution in [0.1, 0.15) is 41.6 Å². The molecule has 0 radical (unpaired) electrons. The molecule has 1 amide bonds. The van der Waals surface area contributed by atoms with E-state index >= 15 is 8.90 Å². The number of ether oxygens (including phenoxy) is 2. The summed E-state index contributed by atoms with van der Waals surface area (Å²) in [4.78, 5) is 30.2. The number of nitrogens with zero attached hydrogens (tertiary/aromatic N) is 6. The van der Waals surface area contributed by atoms with E-state index in [1.165, 1.54) is 4.68 Å². The van der Waals surface area contributed by atoms with Gasteiger partial charge in [-0.05, 0) is 67.0 Å². The number of rotatable bonds is 11. The Balaban J connectivity index is 1.10. The molecule has 2 aromatic heterocycles. The van der Waals surface area contributed by atoms with Crippen molar-refractivity contribution in [2.45, 2.75) is 62.7 Å². The number of benzene rings is 4. The van der Waals surface area contributed by atoms with Gasteiger partial charge in [0.15, 0.2) is 5.60 Å². The van der Waals surface area contributed by atoms with Crippen molar-refractivity contribution in [2.24, 2.45) is 5.92 Å². The molecule has 282 valence electrons. The normalized spacial score (nSPS) is 21.4. The van der Waals surface area contributed by atoms with Crippen molar-refractivity contribution in [3.05, 3.63) is 142 Å². The number of anilines is 1. The Morgan fingerprint density at radius 3 is 2.55 bits per heavy atom. The number of aromatic nitrogens is 5. The van der Waals surface area contributed by atoms with Crippen LogP contribution in [0.5, 0.6) is 5.75 Å². The second-order valence-corrected chi connectivity index (χ2v) is 18.8. The summed E-state index contributed by atoms with van der Waals surface area (Å²) in [6, 6.07) is 29.9. The summed E-state index contributed by atoms with van der Waals surface area (Å²) in [5.74, 6) is -0.527. The maximum Gasteiger partial charge on any atom is 0.279 e. The standard InChI is InChI=1S/C42H43FN6O5Si/c1-27-39(55(3,4)43)38(19-20-47-25-36(45-46-47)34(26-50)29-12-6-5-7-13-29)54-42(27)35-22-32(53-2)17-18-37(35)48(41(42)52)24-28-11-10-15-31(21-28)49-40(51)33-16-9-8-14-30(33)23-44-49/h5-18,21-23,25,27,34,38-39,50H,19-20,24,26H2,1-4H3/t27-,34?,38+,39-,42+/m1/s1. The second-order valence-electron chi connectivity index (χ2n) is 15.0. The third-order valence-corrected chi connectivity index (χ3v) is 13.8. The number of halogens is 1. The monoisotopic (exact) mass is 758 g/mol. The zero-order valence-electron chi connectivity index (χ0n) is 31.2. The fourth-order valence-corrected chi connectivity index (χ4v) is 11.3. The number of aliphatic hydroxyl groups excluding tert-OH is 1. The first-order valence-corrected chi connectivity index (χ1v) is 21.5. The fraction of sp³-hybridized carbons (Fsp3) is 0.310. The van der Waals surface area contributed by atoms with Gasteiger partial charge in [-0.2, -0.15) is 9.78 Å². The highest BCUT2D eigenvalue weighted by atomic mass is 28.4. The maximum atomic E-state index is 16.5. The largest absolute Gasteiger partial charge is 0.497 e. The van der Waals surface area contributed by atoms with Crippen molar-refractivity contribution in [1.82, 2.24) is 24.8 Å². The molecule has 1 fully saturated rings. The summed E-state index contributed by atoms with van der Waals surface area (Å²) in [5.41, 5.74) is 2.04. The molecule has 0 bridgehead atoms. The summed E-state index contributed by atoms with van der Waals surface area (Å²) in [5, 5.41) is 24.7. The quantitative estimate of drug-likeness (QED) is 0.117. The molecule has 1 N–H and O–H groups in total. The highest BCUT2D eigenvalue weighted by molar-refractivity contribution is 6.72.